The molecule has 3 unspecified atom stereocenters. The Hall–Kier alpha value is -5.62. The topological polar surface area (TPSA) is 179 Å². The van der Waals surface area contributed by atoms with Gasteiger partial charge in [-0.1, -0.05) is 39.8 Å². The maximum absolute atomic E-state index is 14.0. The Morgan fingerprint density at radius 3 is 2.41 bits per heavy atom. The second-order valence-corrected chi connectivity index (χ2v) is 18.2. The lowest BCUT2D eigenvalue weighted by atomic mass is 9.84. The molecule has 1 saturated carbocycles. The van der Waals surface area contributed by atoms with E-state index in [0.29, 0.717) is 32.5 Å². The largest absolute Gasteiger partial charge is 0.508 e. The van der Waals surface area contributed by atoms with Gasteiger partial charge in [-0.15, -0.1) is 0 Å². The first-order valence-corrected chi connectivity index (χ1v) is 21.9. The summed E-state index contributed by atoms with van der Waals surface area (Å²) in [5.41, 5.74) is 9.59. The Labute approximate surface area is 371 Å². The fourth-order valence-corrected chi connectivity index (χ4v) is 8.50. The summed E-state index contributed by atoms with van der Waals surface area (Å²) >= 11 is 0. The third kappa shape index (κ3) is 11.7. The number of hydrogen-bond donors (Lipinski definition) is 3. The standard InChI is InChI=1S/C44H60N6O6.C5H5NO/c1-10-49-38-16-15-31(24-35(38)36(25-44(5,6)26-56-27-51)41(49)34-14-13-17-45-39(34)29(4)55-9)32-20-30(21-33(52)23-32)22-37(43(54)50-19-12-11-18-46-50)47-42(53)40(28(2)3)48(7)8;6-3-5(4-7)1-2-5/h13-17,20-21,23-24,27-29,37,40,46,52H,10-12,18-19,22,25-26H2,1-9H3,(H,47,53);4H,1-2H2. The van der Waals surface area contributed by atoms with E-state index in [1.54, 1.807) is 30.4 Å². The van der Waals surface area contributed by atoms with Crippen LogP contribution in [0.15, 0.2) is 54.7 Å². The molecule has 0 radical (unpaired) electrons. The number of rotatable bonds is 18. The molecule has 3 heterocycles. The van der Waals surface area contributed by atoms with Crippen LogP contribution in [0.1, 0.15) is 90.2 Å². The maximum atomic E-state index is 14.0. The molecule has 2 aromatic carbocycles. The van der Waals surface area contributed by atoms with Gasteiger partial charge in [0.1, 0.15) is 23.5 Å². The number of nitrogens with one attached hydrogen (secondary N) is 2. The van der Waals surface area contributed by atoms with Crippen molar-refractivity contribution in [3.8, 4) is 34.2 Å². The van der Waals surface area contributed by atoms with Crippen LogP contribution in [0.5, 0.6) is 5.75 Å². The number of aryl methyl sites for hydroxylation is 1. The van der Waals surface area contributed by atoms with Crippen LogP contribution in [0.3, 0.4) is 0 Å². The van der Waals surface area contributed by atoms with E-state index in [1.165, 1.54) is 0 Å². The van der Waals surface area contributed by atoms with Crippen LogP contribution in [0.2, 0.25) is 0 Å². The van der Waals surface area contributed by atoms with Crippen LogP contribution in [-0.4, -0.2) is 102 Å². The predicted octanol–water partition coefficient (Wildman–Crippen LogP) is 6.77. The van der Waals surface area contributed by atoms with Gasteiger partial charge in [-0.2, -0.15) is 5.26 Å². The number of ether oxygens (including phenoxy) is 2. The van der Waals surface area contributed by atoms with Gasteiger partial charge in [-0.25, -0.2) is 5.43 Å². The van der Waals surface area contributed by atoms with Gasteiger partial charge in [0.2, 0.25) is 5.91 Å². The highest BCUT2D eigenvalue weighted by atomic mass is 16.5. The molecule has 1 aliphatic heterocycles. The van der Waals surface area contributed by atoms with Gasteiger partial charge in [-0.05, 0) is 125 Å². The number of phenolic OH excluding ortho intramolecular Hbond substituents is 1. The van der Waals surface area contributed by atoms with E-state index in [0.717, 1.165) is 82.1 Å². The molecular weight excluding hydrogens is 799 g/mol. The molecule has 1 aliphatic carbocycles. The zero-order valence-corrected chi connectivity index (χ0v) is 38.4. The summed E-state index contributed by atoms with van der Waals surface area (Å²) in [5, 5.41) is 25.0. The van der Waals surface area contributed by atoms with E-state index < -0.39 is 22.9 Å². The number of aromatic hydroxyl groups is 1. The van der Waals surface area contributed by atoms with Crippen LogP contribution in [-0.2, 0) is 48.0 Å². The zero-order chi connectivity index (χ0) is 46.1. The van der Waals surface area contributed by atoms with Gasteiger partial charge in [0, 0.05) is 61.2 Å². The highest BCUT2D eigenvalue weighted by molar-refractivity contribution is 5.95. The lowest BCUT2D eigenvalue weighted by molar-refractivity contribution is -0.141. The molecule has 0 bridgehead atoms. The molecule has 2 amide bonds. The first kappa shape index (κ1) is 48.4. The number of nitrogens with zero attached hydrogens (tertiary/aromatic N) is 5. The average molecular weight is 864 g/mol. The lowest BCUT2D eigenvalue weighted by Gasteiger charge is -2.33. The first-order valence-electron chi connectivity index (χ1n) is 21.9. The Kier molecular flexibility index (Phi) is 16.3. The number of phenols is 1. The average Bonchev–Trinajstić information content (AvgIpc) is 4.01. The van der Waals surface area contributed by atoms with Crippen molar-refractivity contribution in [1.29, 1.82) is 5.26 Å². The van der Waals surface area contributed by atoms with Crippen LogP contribution in [0, 0.1) is 28.1 Å². The molecule has 338 valence electrons. The number of hydrazine groups is 1. The molecule has 4 aromatic rings. The van der Waals surface area contributed by atoms with Crippen molar-refractivity contribution < 1.29 is 33.8 Å². The van der Waals surface area contributed by atoms with E-state index in [2.05, 4.69) is 60.3 Å². The number of carbonyl (C=O) groups excluding carboxylic acids is 4. The summed E-state index contributed by atoms with van der Waals surface area (Å²) in [6, 6.07) is 16.4. The number of amides is 2. The normalized spacial score (nSPS) is 16.1. The third-order valence-electron chi connectivity index (χ3n) is 12.0. The molecule has 2 fully saturated rings. The minimum absolute atomic E-state index is 0.0281. The van der Waals surface area contributed by atoms with Crippen molar-refractivity contribution in [3.63, 3.8) is 0 Å². The smallest absolute Gasteiger partial charge is 0.293 e. The fourth-order valence-electron chi connectivity index (χ4n) is 8.50. The highest BCUT2D eigenvalue weighted by Gasteiger charge is 2.43. The van der Waals surface area contributed by atoms with E-state index in [4.69, 9.17) is 19.7 Å². The molecular formula is C49H65N7O7. The van der Waals surface area contributed by atoms with Crippen LogP contribution >= 0.6 is 0 Å². The molecule has 2 aromatic heterocycles. The highest BCUT2D eigenvalue weighted by Crippen LogP contribution is 2.43. The molecule has 63 heavy (non-hydrogen) atoms. The number of carbonyl (C=O) groups is 4. The van der Waals surface area contributed by atoms with Crippen molar-refractivity contribution in [2.45, 2.75) is 105 Å². The third-order valence-corrected chi connectivity index (χ3v) is 12.0. The summed E-state index contributed by atoms with van der Waals surface area (Å²) < 4.78 is 13.4. The van der Waals surface area contributed by atoms with Gasteiger partial charge < -0.3 is 29.3 Å². The number of methoxy groups -OCH3 is 1. The van der Waals surface area contributed by atoms with Gasteiger partial charge in [0.05, 0.1) is 36.2 Å². The number of nitriles is 1. The number of benzene rings is 2. The Morgan fingerprint density at radius 1 is 1.10 bits per heavy atom. The fraction of sp³-hybridized carbons (Fsp3) is 0.510. The number of fused-ring (bicyclic) bond motifs is 1. The van der Waals surface area contributed by atoms with Gasteiger partial charge in [0.25, 0.3) is 12.4 Å². The number of hydrogen-bond acceptors (Lipinski definition) is 11. The van der Waals surface area contributed by atoms with Crippen LogP contribution in [0.4, 0.5) is 0 Å². The molecule has 3 atom stereocenters. The van der Waals surface area contributed by atoms with Gasteiger partial charge in [0.15, 0.2) is 0 Å². The first-order chi connectivity index (χ1) is 30.0. The molecule has 14 nitrogen and oxygen atoms in total. The number of likely N-dealkylation sites (N-methyl/N-ethyl adjacent to an activating group) is 1. The number of aldehydes is 1. The Morgan fingerprint density at radius 2 is 1.84 bits per heavy atom. The molecule has 3 N–H and O–H groups in total. The maximum Gasteiger partial charge on any atom is 0.293 e. The van der Waals surface area contributed by atoms with Crippen LogP contribution in [0.25, 0.3) is 33.3 Å². The molecule has 14 heteroatoms. The Balaban J connectivity index is 0.000000971. The number of aromatic nitrogens is 2. The quantitative estimate of drug-likeness (QED) is 0.0899. The summed E-state index contributed by atoms with van der Waals surface area (Å²) in [6.45, 7) is 14.9. The summed E-state index contributed by atoms with van der Waals surface area (Å²) in [4.78, 5) is 55.5. The van der Waals surface area contributed by atoms with Crippen molar-refractivity contribution in [3.05, 3.63) is 71.5 Å². The predicted molar refractivity (Wildman–Crippen MR) is 243 cm³/mol. The van der Waals surface area contributed by atoms with Gasteiger partial charge >= 0.3 is 0 Å². The minimum atomic E-state index is -0.849. The van der Waals surface area contributed by atoms with Crippen molar-refractivity contribution in [2.75, 3.05) is 40.9 Å². The molecule has 1 saturated heterocycles. The van der Waals surface area contributed by atoms with Crippen molar-refractivity contribution >= 4 is 35.5 Å². The van der Waals surface area contributed by atoms with E-state index in [-0.39, 0.29) is 42.6 Å². The van der Waals surface area contributed by atoms with Crippen LogP contribution < -0.4 is 10.7 Å². The summed E-state index contributed by atoms with van der Waals surface area (Å²) in [7, 11) is 5.41. The summed E-state index contributed by atoms with van der Waals surface area (Å²) in [6.07, 6.45) is 6.46. The second-order valence-electron chi connectivity index (χ2n) is 18.2. The lowest BCUT2D eigenvalue weighted by Crippen LogP contribution is -2.58. The van der Waals surface area contributed by atoms with E-state index in [1.807, 2.05) is 58.0 Å². The number of pyridine rings is 1. The zero-order valence-electron chi connectivity index (χ0n) is 38.4. The van der Waals surface area contributed by atoms with Gasteiger partial charge in [-0.3, -0.25) is 29.3 Å². The van der Waals surface area contributed by atoms with Crippen molar-refractivity contribution in [2.24, 2.45) is 16.7 Å². The van der Waals surface area contributed by atoms with E-state index in [9.17, 15) is 24.3 Å². The summed E-state index contributed by atoms with van der Waals surface area (Å²) in [5.74, 6) is -0.330. The molecule has 2 aliphatic rings. The Bertz CT molecular complexity index is 2280. The molecule has 0 spiro atoms. The minimum Gasteiger partial charge on any atom is -0.508 e. The van der Waals surface area contributed by atoms with E-state index >= 15 is 0 Å². The molecule has 6 rings (SSSR count). The second kappa shape index (κ2) is 21.2. The SMILES string of the molecule is CCn1c(-c2cccnc2C(C)OC)c(CC(C)(C)COC=O)c2cc(-c3cc(O)cc(CC(NC(=O)C(C(C)C)N(C)C)C(=O)N4CCCCN4)c3)ccc21.N#CC1(C=O)CC1. The van der Waals surface area contributed by atoms with Crippen molar-refractivity contribution in [1.82, 2.24) is 30.2 Å². The monoisotopic (exact) mass is 863 g/mol.